The molecule has 0 N–H and O–H groups in total. The van der Waals surface area contributed by atoms with Crippen molar-refractivity contribution in [1.29, 1.82) is 5.26 Å². The molecule has 0 radical (unpaired) electrons. The Morgan fingerprint density at radius 2 is 2.17 bits per heavy atom. The fraction of sp³-hybridized carbons (Fsp3) is 0.778. The van der Waals surface area contributed by atoms with Crippen LogP contribution in [0, 0.1) is 17.2 Å². The summed E-state index contributed by atoms with van der Waals surface area (Å²) >= 11 is 0. The van der Waals surface area contributed by atoms with Crippen molar-refractivity contribution in [3.8, 4) is 6.07 Å². The molecule has 0 spiro atoms. The zero-order valence-electron chi connectivity index (χ0n) is 7.38. The summed E-state index contributed by atoms with van der Waals surface area (Å²) in [6.07, 6.45) is 4.45. The number of carboxylic acids is 1. The molecule has 0 amide bonds. The third-order valence-corrected chi connectivity index (χ3v) is 1.79. The number of rotatable bonds is 6. The van der Waals surface area contributed by atoms with Crippen LogP contribution >= 0.6 is 0 Å². The van der Waals surface area contributed by atoms with Crippen molar-refractivity contribution in [2.45, 2.75) is 39.0 Å². The molecule has 12 heavy (non-hydrogen) atoms. The van der Waals surface area contributed by atoms with E-state index in [2.05, 4.69) is 6.92 Å². The second-order valence-electron chi connectivity index (χ2n) is 2.85. The van der Waals surface area contributed by atoms with Gasteiger partial charge in [-0.3, -0.25) is 0 Å². The third kappa shape index (κ3) is 4.73. The van der Waals surface area contributed by atoms with Gasteiger partial charge < -0.3 is 9.90 Å². The first-order chi connectivity index (χ1) is 5.72. The monoisotopic (exact) mass is 168 g/mol. The number of carbonyl (C=O) groups is 1. The van der Waals surface area contributed by atoms with Gasteiger partial charge in [0.1, 0.15) is 0 Å². The van der Waals surface area contributed by atoms with Crippen LogP contribution < -0.4 is 5.11 Å². The molecule has 0 aromatic carbocycles. The van der Waals surface area contributed by atoms with E-state index < -0.39 is 11.9 Å². The van der Waals surface area contributed by atoms with Crippen molar-refractivity contribution in [3.63, 3.8) is 0 Å². The minimum atomic E-state index is -1.24. The number of hydrogen-bond donors (Lipinski definition) is 0. The number of unbranched alkanes of at least 4 members (excludes halogenated alkanes) is 3. The molecule has 0 saturated carbocycles. The van der Waals surface area contributed by atoms with Crippen LogP contribution in [-0.2, 0) is 4.79 Å². The molecule has 0 aromatic heterocycles. The van der Waals surface area contributed by atoms with E-state index in [0.29, 0.717) is 6.42 Å². The van der Waals surface area contributed by atoms with Crippen molar-refractivity contribution < 1.29 is 9.90 Å². The van der Waals surface area contributed by atoms with Crippen LogP contribution in [0.3, 0.4) is 0 Å². The summed E-state index contributed by atoms with van der Waals surface area (Å²) in [5.41, 5.74) is 0. The highest BCUT2D eigenvalue weighted by molar-refractivity contribution is 5.70. The molecule has 3 heteroatoms. The Morgan fingerprint density at radius 3 is 2.58 bits per heavy atom. The topological polar surface area (TPSA) is 63.9 Å². The Kier molecular flexibility index (Phi) is 6.08. The molecule has 0 aliphatic carbocycles. The van der Waals surface area contributed by atoms with E-state index in [9.17, 15) is 9.90 Å². The van der Waals surface area contributed by atoms with Crippen LogP contribution in [0.15, 0.2) is 0 Å². The predicted molar refractivity (Wildman–Crippen MR) is 42.9 cm³/mol. The van der Waals surface area contributed by atoms with Crippen molar-refractivity contribution in [3.05, 3.63) is 0 Å². The van der Waals surface area contributed by atoms with E-state index in [1.165, 1.54) is 0 Å². The second-order valence-corrected chi connectivity index (χ2v) is 2.85. The molecule has 0 fully saturated rings. The van der Waals surface area contributed by atoms with Crippen LogP contribution in [0.2, 0.25) is 0 Å². The fourth-order valence-electron chi connectivity index (χ4n) is 1.01. The smallest absolute Gasteiger partial charge is 0.0858 e. The highest BCUT2D eigenvalue weighted by Gasteiger charge is 2.06. The number of nitrogens with zero attached hydrogens (tertiary/aromatic N) is 1. The number of aliphatic carboxylic acids is 1. The maximum atomic E-state index is 10.3. The van der Waals surface area contributed by atoms with E-state index in [0.717, 1.165) is 25.7 Å². The predicted octanol–water partition coefficient (Wildman–Crippen LogP) is 0.846. The van der Waals surface area contributed by atoms with Gasteiger partial charge in [0.15, 0.2) is 0 Å². The quantitative estimate of drug-likeness (QED) is 0.552. The van der Waals surface area contributed by atoms with E-state index in [1.807, 2.05) is 0 Å². The van der Waals surface area contributed by atoms with Gasteiger partial charge in [0.2, 0.25) is 0 Å². The Bertz CT molecular complexity index is 172. The largest absolute Gasteiger partial charge is 0.549 e. The summed E-state index contributed by atoms with van der Waals surface area (Å²) in [4.78, 5) is 10.3. The fourth-order valence-corrected chi connectivity index (χ4v) is 1.01. The van der Waals surface area contributed by atoms with Gasteiger partial charge in [-0.2, -0.15) is 5.26 Å². The Balaban J connectivity index is 3.47. The van der Waals surface area contributed by atoms with Gasteiger partial charge in [0.25, 0.3) is 0 Å². The SMILES string of the molecule is CCCCCCC(C#N)C(=O)[O-]. The van der Waals surface area contributed by atoms with Crippen LogP contribution in [0.1, 0.15) is 39.0 Å². The van der Waals surface area contributed by atoms with E-state index >= 15 is 0 Å². The lowest BCUT2D eigenvalue weighted by molar-refractivity contribution is -0.309. The van der Waals surface area contributed by atoms with Gasteiger partial charge >= 0.3 is 0 Å². The summed E-state index contributed by atoms with van der Waals surface area (Å²) in [6.45, 7) is 2.08. The van der Waals surface area contributed by atoms with Crippen LogP contribution in [0.4, 0.5) is 0 Å². The standard InChI is InChI=1S/C9H15NO2/c1-2-3-4-5-6-8(7-10)9(11)12/h8H,2-6H2,1H3,(H,11,12)/p-1. The molecule has 0 rings (SSSR count). The number of carboxylic acid groups (broad SMARTS) is 1. The molecular formula is C9H14NO2-. The number of hydrogen-bond acceptors (Lipinski definition) is 3. The third-order valence-electron chi connectivity index (χ3n) is 1.79. The molecule has 0 aliphatic rings. The molecule has 0 aromatic rings. The summed E-state index contributed by atoms with van der Waals surface area (Å²) < 4.78 is 0. The molecule has 0 bridgehead atoms. The minimum Gasteiger partial charge on any atom is -0.549 e. The van der Waals surface area contributed by atoms with E-state index in [1.54, 1.807) is 6.07 Å². The van der Waals surface area contributed by atoms with Crippen molar-refractivity contribution in [1.82, 2.24) is 0 Å². The lowest BCUT2D eigenvalue weighted by Gasteiger charge is -2.08. The van der Waals surface area contributed by atoms with Crippen LogP contribution in [0.5, 0.6) is 0 Å². The summed E-state index contributed by atoms with van der Waals surface area (Å²) in [6, 6.07) is 1.72. The van der Waals surface area contributed by atoms with Gasteiger partial charge in [0, 0.05) is 0 Å². The summed E-state index contributed by atoms with van der Waals surface area (Å²) in [5, 5.41) is 18.6. The molecule has 68 valence electrons. The van der Waals surface area contributed by atoms with E-state index in [4.69, 9.17) is 5.26 Å². The Labute approximate surface area is 73.0 Å². The van der Waals surface area contributed by atoms with Gasteiger partial charge in [-0.15, -0.1) is 0 Å². The molecule has 0 heterocycles. The van der Waals surface area contributed by atoms with Crippen molar-refractivity contribution >= 4 is 5.97 Å². The number of carbonyl (C=O) groups excluding carboxylic acids is 1. The average Bonchev–Trinajstić information content (AvgIpc) is 2.04. The minimum absolute atomic E-state index is 0.429. The lowest BCUT2D eigenvalue weighted by Crippen LogP contribution is -2.30. The summed E-state index contributed by atoms with van der Waals surface area (Å²) in [5.74, 6) is -2.16. The second kappa shape index (κ2) is 6.66. The molecular weight excluding hydrogens is 154 g/mol. The van der Waals surface area contributed by atoms with Gasteiger partial charge in [-0.25, -0.2) is 0 Å². The van der Waals surface area contributed by atoms with Crippen LogP contribution in [-0.4, -0.2) is 5.97 Å². The molecule has 1 atom stereocenters. The molecule has 0 saturated heterocycles. The van der Waals surface area contributed by atoms with Gasteiger partial charge in [-0.05, 0) is 6.42 Å². The summed E-state index contributed by atoms with van der Waals surface area (Å²) in [7, 11) is 0. The number of nitriles is 1. The lowest BCUT2D eigenvalue weighted by atomic mass is 10.0. The first-order valence-corrected chi connectivity index (χ1v) is 4.32. The highest BCUT2D eigenvalue weighted by Crippen LogP contribution is 2.09. The first-order valence-electron chi connectivity index (χ1n) is 4.32. The Morgan fingerprint density at radius 1 is 1.50 bits per heavy atom. The Hall–Kier alpha value is -1.04. The maximum absolute atomic E-state index is 10.3. The van der Waals surface area contributed by atoms with Crippen molar-refractivity contribution in [2.75, 3.05) is 0 Å². The zero-order valence-corrected chi connectivity index (χ0v) is 7.38. The molecule has 1 unspecified atom stereocenters. The van der Waals surface area contributed by atoms with Gasteiger partial charge in [-0.1, -0.05) is 32.6 Å². The zero-order chi connectivity index (χ0) is 9.40. The van der Waals surface area contributed by atoms with Crippen LogP contribution in [0.25, 0.3) is 0 Å². The van der Waals surface area contributed by atoms with E-state index in [-0.39, 0.29) is 0 Å². The van der Waals surface area contributed by atoms with Gasteiger partial charge in [0.05, 0.1) is 18.0 Å². The highest BCUT2D eigenvalue weighted by atomic mass is 16.4. The first kappa shape index (κ1) is 11.0. The average molecular weight is 168 g/mol. The molecule has 3 nitrogen and oxygen atoms in total. The maximum Gasteiger partial charge on any atom is 0.0858 e. The van der Waals surface area contributed by atoms with Crippen molar-refractivity contribution in [2.24, 2.45) is 5.92 Å². The normalized spacial score (nSPS) is 12.0. The molecule has 0 aliphatic heterocycles.